The van der Waals surface area contributed by atoms with Gasteiger partial charge in [-0.3, -0.25) is 4.79 Å². The van der Waals surface area contributed by atoms with Gasteiger partial charge in [0.05, 0.1) is 22.2 Å². The number of nitroso groups, excluding NO2 is 1. The van der Waals surface area contributed by atoms with Gasteiger partial charge in [-0.1, -0.05) is 6.07 Å². The summed E-state index contributed by atoms with van der Waals surface area (Å²) in [7, 11) is 0. The predicted octanol–water partition coefficient (Wildman–Crippen LogP) is 2.30. The molecule has 7 nitrogen and oxygen atoms in total. The van der Waals surface area contributed by atoms with Crippen LogP contribution in [0.5, 0.6) is 0 Å². The molecule has 0 aliphatic carbocycles. The van der Waals surface area contributed by atoms with Crippen LogP contribution in [0.4, 0.5) is 11.4 Å². The van der Waals surface area contributed by atoms with Gasteiger partial charge in [0.1, 0.15) is 0 Å². The van der Waals surface area contributed by atoms with Crippen molar-refractivity contribution in [2.24, 2.45) is 11.0 Å². The maximum absolute atomic E-state index is 11.1. The zero-order chi connectivity index (χ0) is 15.4. The standard InChI is InChI=1S/C14H11N3O4/c15-13(18)10-2-1-3-12(8-10)17(16-21)11-6-4-9(5-7-11)14(19)20/h1-8H,(H2,15,18)(H,19,20). The number of rotatable bonds is 5. The second-order valence-corrected chi connectivity index (χ2v) is 4.16. The Morgan fingerprint density at radius 1 is 1.00 bits per heavy atom. The number of carboxylic acids is 1. The number of nitrogens with zero attached hydrogens (tertiary/aromatic N) is 2. The van der Waals surface area contributed by atoms with Crippen molar-refractivity contribution in [1.82, 2.24) is 0 Å². The number of anilines is 2. The monoisotopic (exact) mass is 285 g/mol. The van der Waals surface area contributed by atoms with Crippen LogP contribution in [0.3, 0.4) is 0 Å². The molecule has 2 aromatic carbocycles. The summed E-state index contributed by atoms with van der Waals surface area (Å²) in [4.78, 5) is 33.0. The van der Waals surface area contributed by atoms with Gasteiger partial charge in [0.2, 0.25) is 5.91 Å². The lowest BCUT2D eigenvalue weighted by molar-refractivity contribution is 0.0696. The summed E-state index contributed by atoms with van der Waals surface area (Å²) in [5.41, 5.74) is 6.24. The molecule has 0 saturated carbocycles. The van der Waals surface area contributed by atoms with Gasteiger partial charge < -0.3 is 10.8 Å². The summed E-state index contributed by atoms with van der Waals surface area (Å²) in [5, 5.41) is 12.8. The van der Waals surface area contributed by atoms with Gasteiger partial charge in [-0.15, -0.1) is 4.91 Å². The number of hydrogen-bond acceptors (Lipinski definition) is 4. The van der Waals surface area contributed by atoms with Crippen LogP contribution in [0.15, 0.2) is 53.8 Å². The number of carbonyl (C=O) groups excluding carboxylic acids is 1. The molecule has 0 radical (unpaired) electrons. The lowest BCUT2D eigenvalue weighted by atomic mass is 10.1. The SMILES string of the molecule is NC(=O)c1cccc(N(N=O)c2ccc(C(=O)O)cc2)c1. The third-order valence-corrected chi connectivity index (χ3v) is 2.82. The zero-order valence-electron chi connectivity index (χ0n) is 10.8. The van der Waals surface area contributed by atoms with Crippen LogP contribution in [-0.2, 0) is 0 Å². The van der Waals surface area contributed by atoms with Gasteiger partial charge in [-0.25, -0.2) is 4.79 Å². The number of carboxylic acid groups (broad SMARTS) is 1. The number of carbonyl (C=O) groups is 2. The average molecular weight is 285 g/mol. The van der Waals surface area contributed by atoms with Crippen LogP contribution in [0.1, 0.15) is 20.7 Å². The van der Waals surface area contributed by atoms with Crippen molar-refractivity contribution in [2.75, 3.05) is 5.01 Å². The molecule has 0 bridgehead atoms. The number of hydrogen-bond donors (Lipinski definition) is 2. The third-order valence-electron chi connectivity index (χ3n) is 2.82. The first-order valence-electron chi connectivity index (χ1n) is 5.89. The van der Waals surface area contributed by atoms with Gasteiger partial charge in [-0.2, -0.15) is 5.01 Å². The third kappa shape index (κ3) is 3.03. The normalized spacial score (nSPS) is 9.90. The maximum atomic E-state index is 11.1. The smallest absolute Gasteiger partial charge is 0.335 e. The quantitative estimate of drug-likeness (QED) is 0.646. The van der Waals surface area contributed by atoms with E-state index in [1.54, 1.807) is 12.1 Å². The number of aromatic carboxylic acids is 1. The van der Waals surface area contributed by atoms with E-state index in [9.17, 15) is 14.5 Å². The molecule has 0 spiro atoms. The molecule has 106 valence electrons. The van der Waals surface area contributed by atoms with E-state index < -0.39 is 11.9 Å². The number of amides is 1. The van der Waals surface area contributed by atoms with Crippen LogP contribution < -0.4 is 10.7 Å². The second kappa shape index (κ2) is 5.83. The van der Waals surface area contributed by atoms with Crippen molar-refractivity contribution in [3.63, 3.8) is 0 Å². The zero-order valence-corrected chi connectivity index (χ0v) is 10.8. The van der Waals surface area contributed by atoms with E-state index in [4.69, 9.17) is 10.8 Å². The van der Waals surface area contributed by atoms with Crippen molar-refractivity contribution < 1.29 is 14.7 Å². The van der Waals surface area contributed by atoms with Gasteiger partial charge in [0.15, 0.2) is 0 Å². The Morgan fingerprint density at radius 2 is 1.67 bits per heavy atom. The summed E-state index contributed by atoms with van der Waals surface area (Å²) in [6, 6.07) is 11.7. The van der Waals surface area contributed by atoms with E-state index in [1.165, 1.54) is 36.4 Å². The first-order chi connectivity index (χ1) is 10.0. The van der Waals surface area contributed by atoms with Crippen LogP contribution in [0, 0.1) is 4.91 Å². The highest BCUT2D eigenvalue weighted by molar-refractivity contribution is 5.94. The van der Waals surface area contributed by atoms with Crippen LogP contribution in [0.2, 0.25) is 0 Å². The molecule has 0 saturated heterocycles. The van der Waals surface area contributed by atoms with Crippen LogP contribution in [-0.4, -0.2) is 17.0 Å². The Hall–Kier alpha value is -3.22. The molecule has 21 heavy (non-hydrogen) atoms. The van der Waals surface area contributed by atoms with Crippen molar-refractivity contribution in [2.45, 2.75) is 0 Å². The van der Waals surface area contributed by atoms with Crippen molar-refractivity contribution in [3.8, 4) is 0 Å². The Bertz CT molecular complexity index is 698. The minimum Gasteiger partial charge on any atom is -0.478 e. The summed E-state index contributed by atoms with van der Waals surface area (Å²) < 4.78 is 0. The molecular weight excluding hydrogens is 274 g/mol. The Kier molecular flexibility index (Phi) is 3.94. The van der Waals surface area contributed by atoms with Gasteiger partial charge in [0, 0.05) is 5.56 Å². The molecule has 0 heterocycles. The van der Waals surface area contributed by atoms with Crippen LogP contribution >= 0.6 is 0 Å². The van der Waals surface area contributed by atoms with E-state index in [-0.39, 0.29) is 11.1 Å². The van der Waals surface area contributed by atoms with E-state index >= 15 is 0 Å². The lowest BCUT2D eigenvalue weighted by Crippen LogP contribution is -2.13. The average Bonchev–Trinajstić information content (AvgIpc) is 2.49. The number of nitrogens with two attached hydrogens (primary N) is 1. The molecule has 7 heteroatoms. The molecule has 3 N–H and O–H groups in total. The summed E-state index contributed by atoms with van der Waals surface area (Å²) in [6.45, 7) is 0. The number of primary amides is 1. The predicted molar refractivity (Wildman–Crippen MR) is 76.3 cm³/mol. The van der Waals surface area contributed by atoms with Crippen LogP contribution in [0.25, 0.3) is 0 Å². The Morgan fingerprint density at radius 3 is 2.19 bits per heavy atom. The summed E-state index contributed by atoms with van der Waals surface area (Å²) >= 11 is 0. The molecule has 0 fully saturated rings. The maximum Gasteiger partial charge on any atom is 0.335 e. The van der Waals surface area contributed by atoms with E-state index in [0.717, 1.165) is 5.01 Å². The van der Waals surface area contributed by atoms with E-state index in [1.807, 2.05) is 0 Å². The fourth-order valence-corrected chi connectivity index (χ4v) is 1.78. The largest absolute Gasteiger partial charge is 0.478 e. The minimum absolute atomic E-state index is 0.0930. The van der Waals surface area contributed by atoms with Crippen molar-refractivity contribution in [3.05, 3.63) is 64.6 Å². The molecule has 0 aliphatic rings. The fourth-order valence-electron chi connectivity index (χ4n) is 1.78. The highest BCUT2D eigenvalue weighted by atomic mass is 16.4. The van der Waals surface area contributed by atoms with Gasteiger partial charge in [0.25, 0.3) is 0 Å². The highest BCUT2D eigenvalue weighted by Crippen LogP contribution is 2.26. The van der Waals surface area contributed by atoms with Gasteiger partial charge >= 0.3 is 5.97 Å². The highest BCUT2D eigenvalue weighted by Gasteiger charge is 2.12. The topological polar surface area (TPSA) is 113 Å². The molecule has 0 unspecified atom stereocenters. The molecule has 0 aliphatic heterocycles. The first kappa shape index (κ1) is 14.2. The molecule has 0 aromatic heterocycles. The number of benzene rings is 2. The lowest BCUT2D eigenvalue weighted by Gasteiger charge is -2.15. The second-order valence-electron chi connectivity index (χ2n) is 4.16. The first-order valence-corrected chi connectivity index (χ1v) is 5.89. The molecule has 2 rings (SSSR count). The van der Waals surface area contributed by atoms with Crippen molar-refractivity contribution >= 4 is 23.3 Å². The fraction of sp³-hybridized carbons (Fsp3) is 0. The molecular formula is C14H11N3O4. The minimum atomic E-state index is -1.07. The Balaban J connectivity index is 2.39. The van der Waals surface area contributed by atoms with E-state index in [0.29, 0.717) is 11.4 Å². The Labute approximate surface area is 119 Å². The molecule has 1 amide bonds. The van der Waals surface area contributed by atoms with E-state index in [2.05, 4.69) is 5.29 Å². The summed E-state index contributed by atoms with van der Waals surface area (Å²) in [5.74, 6) is -1.69. The van der Waals surface area contributed by atoms with Gasteiger partial charge in [-0.05, 0) is 42.5 Å². The molecule has 2 aromatic rings. The van der Waals surface area contributed by atoms with Crippen molar-refractivity contribution in [1.29, 1.82) is 0 Å². The summed E-state index contributed by atoms with van der Waals surface area (Å²) in [6.07, 6.45) is 0. The molecule has 0 atom stereocenters.